The van der Waals surface area contributed by atoms with Gasteiger partial charge in [-0.3, -0.25) is 0 Å². The van der Waals surface area contributed by atoms with Gasteiger partial charge < -0.3 is 14.7 Å². The smallest absolute Gasteiger partial charge is 0.377 e. The standard InChI is InChI=1S/C13H16F3NO2/c1-17-7-11(12(18,9-17)13(14,15)16)19-8-10-5-3-2-4-6-10/h2-6,11,18H,7-9H2,1H3. The SMILES string of the molecule is CN1CC(OCc2ccccc2)C(O)(C(F)(F)F)C1. The summed E-state index contributed by atoms with van der Waals surface area (Å²) in [5, 5.41) is 9.84. The minimum Gasteiger partial charge on any atom is -0.377 e. The Labute approximate surface area is 109 Å². The van der Waals surface area contributed by atoms with Crippen LogP contribution in [-0.4, -0.2) is 48.0 Å². The van der Waals surface area contributed by atoms with E-state index in [0.29, 0.717) is 0 Å². The molecule has 0 bridgehead atoms. The fourth-order valence-corrected chi connectivity index (χ4v) is 2.25. The first-order chi connectivity index (χ1) is 8.83. The van der Waals surface area contributed by atoms with Crippen LogP contribution in [0.5, 0.6) is 0 Å². The second-order valence-corrected chi connectivity index (χ2v) is 4.90. The largest absolute Gasteiger partial charge is 0.421 e. The van der Waals surface area contributed by atoms with Gasteiger partial charge in [-0.2, -0.15) is 13.2 Å². The lowest BCUT2D eigenvalue weighted by atomic mass is 10.00. The summed E-state index contributed by atoms with van der Waals surface area (Å²) in [6.07, 6.45) is -5.96. The van der Waals surface area contributed by atoms with Crippen LogP contribution >= 0.6 is 0 Å². The van der Waals surface area contributed by atoms with Gasteiger partial charge >= 0.3 is 6.18 Å². The van der Waals surface area contributed by atoms with Crippen molar-refractivity contribution in [3.8, 4) is 0 Å². The Morgan fingerprint density at radius 1 is 1.37 bits per heavy atom. The van der Waals surface area contributed by atoms with Crippen LogP contribution in [-0.2, 0) is 11.3 Å². The fourth-order valence-electron chi connectivity index (χ4n) is 2.25. The monoisotopic (exact) mass is 275 g/mol. The lowest BCUT2D eigenvalue weighted by molar-refractivity contribution is -0.283. The van der Waals surface area contributed by atoms with Gasteiger partial charge in [0.15, 0.2) is 0 Å². The lowest BCUT2D eigenvalue weighted by Crippen LogP contribution is -2.55. The number of aliphatic hydroxyl groups is 1. The Morgan fingerprint density at radius 3 is 2.58 bits per heavy atom. The van der Waals surface area contributed by atoms with Gasteiger partial charge in [0.25, 0.3) is 0 Å². The van der Waals surface area contributed by atoms with E-state index in [2.05, 4.69) is 0 Å². The Balaban J connectivity index is 2.06. The Hall–Kier alpha value is -1.11. The van der Waals surface area contributed by atoms with E-state index in [-0.39, 0.29) is 13.2 Å². The van der Waals surface area contributed by atoms with Crippen LogP contribution in [0.4, 0.5) is 13.2 Å². The summed E-state index contributed by atoms with van der Waals surface area (Å²) in [7, 11) is 1.53. The maximum atomic E-state index is 12.9. The molecule has 3 nitrogen and oxygen atoms in total. The zero-order chi connectivity index (χ0) is 14.1. The van der Waals surface area contributed by atoms with Crippen molar-refractivity contribution in [2.75, 3.05) is 20.1 Å². The van der Waals surface area contributed by atoms with Crippen molar-refractivity contribution in [2.45, 2.75) is 24.5 Å². The van der Waals surface area contributed by atoms with Crippen molar-refractivity contribution in [1.29, 1.82) is 0 Å². The summed E-state index contributed by atoms with van der Waals surface area (Å²) in [5.41, 5.74) is -2.02. The highest BCUT2D eigenvalue weighted by molar-refractivity contribution is 5.14. The molecule has 0 aliphatic carbocycles. The van der Waals surface area contributed by atoms with E-state index in [9.17, 15) is 18.3 Å². The molecule has 1 heterocycles. The molecule has 1 fully saturated rings. The number of ether oxygens (including phenoxy) is 1. The number of hydrogen-bond acceptors (Lipinski definition) is 3. The van der Waals surface area contributed by atoms with Gasteiger partial charge in [-0.15, -0.1) is 0 Å². The number of halogens is 3. The minimum atomic E-state index is -4.70. The number of β-amino-alcohol motifs (C(OH)–C–C–N with tert-alkyl or cyclic N) is 1. The molecule has 1 aromatic rings. The number of hydrogen-bond donors (Lipinski definition) is 1. The number of likely N-dealkylation sites (N-methyl/N-ethyl adjacent to an activating group) is 1. The molecule has 1 N–H and O–H groups in total. The molecule has 2 atom stereocenters. The topological polar surface area (TPSA) is 32.7 Å². The van der Waals surface area contributed by atoms with Gasteiger partial charge in [-0.05, 0) is 12.6 Å². The summed E-state index contributed by atoms with van der Waals surface area (Å²) in [6.45, 7) is -0.351. The first-order valence-electron chi connectivity index (χ1n) is 5.96. The zero-order valence-electron chi connectivity index (χ0n) is 10.5. The van der Waals surface area contributed by atoms with Crippen molar-refractivity contribution in [1.82, 2.24) is 4.90 Å². The van der Waals surface area contributed by atoms with Crippen LogP contribution in [0.1, 0.15) is 5.56 Å². The molecule has 2 unspecified atom stereocenters. The molecular weight excluding hydrogens is 259 g/mol. The van der Waals surface area contributed by atoms with Crippen molar-refractivity contribution in [2.24, 2.45) is 0 Å². The summed E-state index contributed by atoms with van der Waals surface area (Å²) in [5.74, 6) is 0. The van der Waals surface area contributed by atoms with E-state index in [1.165, 1.54) is 11.9 Å². The molecule has 0 radical (unpaired) electrons. The molecule has 0 aromatic heterocycles. The lowest BCUT2D eigenvalue weighted by Gasteiger charge is -2.31. The first kappa shape index (κ1) is 14.3. The Morgan fingerprint density at radius 2 is 2.00 bits per heavy atom. The zero-order valence-corrected chi connectivity index (χ0v) is 10.5. The quantitative estimate of drug-likeness (QED) is 0.913. The van der Waals surface area contributed by atoms with E-state index in [0.717, 1.165) is 5.56 Å². The number of benzene rings is 1. The average Bonchev–Trinajstić information content (AvgIpc) is 2.63. The van der Waals surface area contributed by atoms with Crippen LogP contribution < -0.4 is 0 Å². The van der Waals surface area contributed by atoms with Gasteiger partial charge in [-0.25, -0.2) is 0 Å². The number of alkyl halides is 3. The summed E-state index contributed by atoms with van der Waals surface area (Å²) in [4.78, 5) is 1.42. The number of nitrogens with zero attached hydrogens (tertiary/aromatic N) is 1. The predicted octanol–water partition coefficient (Wildman–Crippen LogP) is 1.81. The second-order valence-electron chi connectivity index (χ2n) is 4.90. The summed E-state index contributed by atoms with van der Waals surface area (Å²) in [6, 6.07) is 8.93. The van der Waals surface area contributed by atoms with E-state index in [1.807, 2.05) is 6.07 Å². The summed E-state index contributed by atoms with van der Waals surface area (Å²) < 4.78 is 44.1. The molecule has 0 amide bonds. The Bertz CT molecular complexity index is 424. The van der Waals surface area contributed by atoms with Crippen molar-refractivity contribution >= 4 is 0 Å². The molecule has 2 rings (SSSR count). The van der Waals surface area contributed by atoms with Gasteiger partial charge in [0.2, 0.25) is 5.60 Å². The highest BCUT2D eigenvalue weighted by Gasteiger charge is 2.62. The van der Waals surface area contributed by atoms with Crippen molar-refractivity contribution in [3.05, 3.63) is 35.9 Å². The maximum Gasteiger partial charge on any atom is 0.421 e. The van der Waals surface area contributed by atoms with E-state index in [1.54, 1.807) is 24.3 Å². The van der Waals surface area contributed by atoms with Crippen LogP contribution in [0.2, 0.25) is 0 Å². The molecule has 19 heavy (non-hydrogen) atoms. The van der Waals surface area contributed by atoms with Crippen molar-refractivity contribution in [3.63, 3.8) is 0 Å². The molecule has 0 spiro atoms. The molecule has 1 aliphatic rings. The molecule has 1 aromatic carbocycles. The predicted molar refractivity (Wildman–Crippen MR) is 63.5 cm³/mol. The van der Waals surface area contributed by atoms with E-state index >= 15 is 0 Å². The van der Waals surface area contributed by atoms with Gasteiger partial charge in [-0.1, -0.05) is 30.3 Å². The highest BCUT2D eigenvalue weighted by atomic mass is 19.4. The van der Waals surface area contributed by atoms with Crippen molar-refractivity contribution < 1.29 is 23.0 Å². The highest BCUT2D eigenvalue weighted by Crippen LogP contribution is 2.39. The normalized spacial score (nSPS) is 28.8. The third-order valence-corrected chi connectivity index (χ3v) is 3.31. The minimum absolute atomic E-state index is 0.0533. The van der Waals surface area contributed by atoms with Crippen LogP contribution in [0, 0.1) is 0 Å². The molecule has 6 heteroatoms. The third kappa shape index (κ3) is 2.91. The molecule has 106 valence electrons. The first-order valence-corrected chi connectivity index (χ1v) is 5.96. The van der Waals surface area contributed by atoms with Gasteiger partial charge in [0.05, 0.1) is 6.61 Å². The Kier molecular flexibility index (Phi) is 3.85. The van der Waals surface area contributed by atoms with Gasteiger partial charge in [0.1, 0.15) is 6.10 Å². The van der Waals surface area contributed by atoms with Crippen LogP contribution in [0.15, 0.2) is 30.3 Å². The molecule has 1 saturated heterocycles. The molecule has 0 saturated carbocycles. The van der Waals surface area contributed by atoms with E-state index < -0.39 is 24.4 Å². The maximum absolute atomic E-state index is 12.9. The number of likely N-dealkylation sites (tertiary alicyclic amines) is 1. The molecular formula is C13H16F3NO2. The second kappa shape index (κ2) is 5.11. The van der Waals surface area contributed by atoms with Crippen LogP contribution in [0.25, 0.3) is 0 Å². The number of rotatable bonds is 3. The average molecular weight is 275 g/mol. The third-order valence-electron chi connectivity index (χ3n) is 3.31. The van der Waals surface area contributed by atoms with Crippen LogP contribution in [0.3, 0.4) is 0 Å². The fraction of sp³-hybridized carbons (Fsp3) is 0.538. The summed E-state index contributed by atoms with van der Waals surface area (Å²) >= 11 is 0. The molecule has 1 aliphatic heterocycles. The van der Waals surface area contributed by atoms with Gasteiger partial charge in [0, 0.05) is 13.1 Å². The van der Waals surface area contributed by atoms with E-state index in [4.69, 9.17) is 4.74 Å².